The lowest BCUT2D eigenvalue weighted by Gasteiger charge is -2.08. The lowest BCUT2D eigenvalue weighted by Crippen LogP contribution is -2.23. The number of nitrogens with zero attached hydrogens (tertiary/aromatic N) is 1. The number of hydrogen-bond donors (Lipinski definition) is 1. The minimum absolute atomic E-state index is 0.199. The second-order valence-corrected chi connectivity index (χ2v) is 6.72. The maximum absolute atomic E-state index is 13.7. The third kappa shape index (κ3) is 5.27. The van der Waals surface area contributed by atoms with E-state index >= 15 is 0 Å². The Morgan fingerprint density at radius 3 is 2.73 bits per heavy atom. The highest BCUT2D eigenvalue weighted by atomic mass is 19.1. The number of fused-ring (bicyclic) bond motifs is 1. The van der Waals surface area contributed by atoms with Gasteiger partial charge in [0.05, 0.1) is 38.6 Å². The Bertz CT molecular complexity index is 683. The van der Waals surface area contributed by atoms with Crippen molar-refractivity contribution in [2.75, 3.05) is 46.7 Å². The second-order valence-electron chi connectivity index (χ2n) is 6.72. The van der Waals surface area contributed by atoms with E-state index in [0.717, 1.165) is 23.9 Å². The number of methoxy groups -OCH3 is 1. The topological polar surface area (TPSA) is 44.7 Å². The summed E-state index contributed by atoms with van der Waals surface area (Å²) in [6, 6.07) is 5.59. The molecule has 0 amide bonds. The van der Waals surface area contributed by atoms with E-state index in [1.807, 2.05) is 6.07 Å². The molecule has 0 bridgehead atoms. The molecule has 0 radical (unpaired) electrons. The molecule has 1 aliphatic rings. The van der Waals surface area contributed by atoms with Gasteiger partial charge in [0.15, 0.2) is 0 Å². The van der Waals surface area contributed by atoms with Gasteiger partial charge in [0, 0.05) is 31.3 Å². The largest absolute Gasteiger partial charge is 0.382 e. The van der Waals surface area contributed by atoms with Crippen LogP contribution < -0.4 is 5.32 Å². The summed E-state index contributed by atoms with van der Waals surface area (Å²) in [7, 11) is 1.65. The number of benzene rings is 1. The Labute approximate surface area is 154 Å². The van der Waals surface area contributed by atoms with E-state index in [0.29, 0.717) is 45.6 Å². The maximum Gasteiger partial charge on any atom is 0.125 e. The van der Waals surface area contributed by atoms with E-state index in [4.69, 9.17) is 14.2 Å². The molecule has 1 N–H and O–H groups in total. The lowest BCUT2D eigenvalue weighted by atomic mass is 10.0. The van der Waals surface area contributed by atoms with E-state index < -0.39 is 0 Å². The molecular formula is C20H29FN2O3. The average Bonchev–Trinajstić information content (AvgIpc) is 3.26. The molecule has 1 aliphatic heterocycles. The van der Waals surface area contributed by atoms with E-state index in [1.165, 1.54) is 18.4 Å². The Morgan fingerprint density at radius 2 is 1.96 bits per heavy atom. The van der Waals surface area contributed by atoms with Crippen molar-refractivity contribution >= 4 is 10.9 Å². The Balaban J connectivity index is 1.56. The molecule has 144 valence electrons. The van der Waals surface area contributed by atoms with Gasteiger partial charge in [-0.25, -0.2) is 4.39 Å². The first-order valence-electron chi connectivity index (χ1n) is 9.43. The molecule has 1 atom stereocenters. The number of aromatic nitrogens is 1. The molecule has 1 aromatic heterocycles. The van der Waals surface area contributed by atoms with Crippen molar-refractivity contribution in [2.24, 2.45) is 0 Å². The van der Waals surface area contributed by atoms with Crippen LogP contribution in [0.2, 0.25) is 0 Å². The van der Waals surface area contributed by atoms with Crippen molar-refractivity contribution in [3.8, 4) is 0 Å². The molecule has 0 unspecified atom stereocenters. The minimum atomic E-state index is -0.199. The summed E-state index contributed by atoms with van der Waals surface area (Å²) < 4.78 is 31.8. The Kier molecular flexibility index (Phi) is 7.43. The first kappa shape index (κ1) is 19.3. The van der Waals surface area contributed by atoms with Crippen LogP contribution in [-0.4, -0.2) is 57.3 Å². The van der Waals surface area contributed by atoms with Gasteiger partial charge in [0.25, 0.3) is 0 Å². The summed E-state index contributed by atoms with van der Waals surface area (Å²) in [5.74, 6) is -0.199. The summed E-state index contributed by atoms with van der Waals surface area (Å²) in [5.41, 5.74) is 2.22. The molecule has 6 heteroatoms. The van der Waals surface area contributed by atoms with Gasteiger partial charge in [0.2, 0.25) is 0 Å². The van der Waals surface area contributed by atoms with Crippen LogP contribution in [0.1, 0.15) is 18.4 Å². The summed E-state index contributed by atoms with van der Waals surface area (Å²) >= 11 is 0. The molecule has 0 saturated carbocycles. The third-order valence-electron chi connectivity index (χ3n) is 4.84. The highest BCUT2D eigenvalue weighted by Crippen LogP contribution is 2.25. The van der Waals surface area contributed by atoms with Gasteiger partial charge in [-0.2, -0.15) is 0 Å². The van der Waals surface area contributed by atoms with Gasteiger partial charge in [-0.15, -0.1) is 0 Å². The number of hydrogen-bond acceptors (Lipinski definition) is 4. The van der Waals surface area contributed by atoms with Crippen LogP contribution in [-0.2, 0) is 27.2 Å². The molecule has 2 heterocycles. The van der Waals surface area contributed by atoms with Crippen molar-refractivity contribution in [3.05, 3.63) is 35.8 Å². The molecule has 0 aliphatic carbocycles. The fraction of sp³-hybridized carbons (Fsp3) is 0.600. The average molecular weight is 364 g/mol. The van der Waals surface area contributed by atoms with Crippen LogP contribution >= 0.6 is 0 Å². The van der Waals surface area contributed by atoms with Crippen molar-refractivity contribution < 1.29 is 18.6 Å². The SMILES string of the molecule is COCCOCCOCCn1cc(C[C@@H]2CCCN2)c2ccc(F)cc21. The van der Waals surface area contributed by atoms with Gasteiger partial charge in [-0.1, -0.05) is 0 Å². The highest BCUT2D eigenvalue weighted by Gasteiger charge is 2.17. The van der Waals surface area contributed by atoms with Gasteiger partial charge in [-0.05, 0) is 49.6 Å². The number of nitrogens with one attached hydrogen (secondary N) is 1. The van der Waals surface area contributed by atoms with E-state index in [9.17, 15) is 4.39 Å². The zero-order chi connectivity index (χ0) is 18.2. The molecule has 1 fully saturated rings. The molecular weight excluding hydrogens is 335 g/mol. The smallest absolute Gasteiger partial charge is 0.125 e. The van der Waals surface area contributed by atoms with E-state index in [1.54, 1.807) is 19.2 Å². The maximum atomic E-state index is 13.7. The van der Waals surface area contributed by atoms with E-state index in [-0.39, 0.29) is 5.82 Å². The van der Waals surface area contributed by atoms with Crippen molar-refractivity contribution in [3.63, 3.8) is 0 Å². The quantitative estimate of drug-likeness (QED) is 0.623. The lowest BCUT2D eigenvalue weighted by molar-refractivity contribution is 0.0232. The normalized spacial score (nSPS) is 17.4. The Hall–Kier alpha value is -1.47. The number of halogens is 1. The van der Waals surface area contributed by atoms with Crippen LogP contribution in [0.3, 0.4) is 0 Å². The van der Waals surface area contributed by atoms with Crippen LogP contribution in [0.25, 0.3) is 10.9 Å². The summed E-state index contributed by atoms with van der Waals surface area (Å²) in [6.07, 6.45) is 5.59. The number of ether oxygens (including phenoxy) is 3. The zero-order valence-electron chi connectivity index (χ0n) is 15.5. The minimum Gasteiger partial charge on any atom is -0.382 e. The van der Waals surface area contributed by atoms with Crippen LogP contribution in [0.15, 0.2) is 24.4 Å². The molecule has 5 nitrogen and oxygen atoms in total. The predicted octanol–water partition coefficient (Wildman–Crippen LogP) is 2.75. The van der Waals surface area contributed by atoms with Gasteiger partial charge >= 0.3 is 0 Å². The molecule has 1 aromatic carbocycles. The Morgan fingerprint density at radius 1 is 1.15 bits per heavy atom. The first-order valence-corrected chi connectivity index (χ1v) is 9.43. The fourth-order valence-electron chi connectivity index (χ4n) is 3.51. The highest BCUT2D eigenvalue weighted by molar-refractivity contribution is 5.84. The molecule has 26 heavy (non-hydrogen) atoms. The second kappa shape index (κ2) is 10.0. The monoisotopic (exact) mass is 364 g/mol. The summed E-state index contributed by atoms with van der Waals surface area (Å²) in [6.45, 7) is 4.67. The van der Waals surface area contributed by atoms with Gasteiger partial charge in [0.1, 0.15) is 5.82 Å². The van der Waals surface area contributed by atoms with Gasteiger partial charge < -0.3 is 24.1 Å². The summed E-state index contributed by atoms with van der Waals surface area (Å²) in [4.78, 5) is 0. The van der Waals surface area contributed by atoms with Crippen molar-refractivity contribution in [1.82, 2.24) is 9.88 Å². The van der Waals surface area contributed by atoms with Crippen molar-refractivity contribution in [1.29, 1.82) is 0 Å². The first-order chi connectivity index (χ1) is 12.8. The zero-order valence-corrected chi connectivity index (χ0v) is 15.5. The predicted molar refractivity (Wildman–Crippen MR) is 100 cm³/mol. The molecule has 2 aromatic rings. The molecule has 3 rings (SSSR count). The number of rotatable bonds is 11. The molecule has 0 spiro atoms. The van der Waals surface area contributed by atoms with Crippen LogP contribution in [0, 0.1) is 5.82 Å². The van der Waals surface area contributed by atoms with Gasteiger partial charge in [-0.3, -0.25) is 0 Å². The third-order valence-corrected chi connectivity index (χ3v) is 4.84. The van der Waals surface area contributed by atoms with Crippen molar-refractivity contribution in [2.45, 2.75) is 31.8 Å². The summed E-state index contributed by atoms with van der Waals surface area (Å²) in [5, 5.41) is 4.68. The molecule has 1 saturated heterocycles. The van der Waals surface area contributed by atoms with E-state index in [2.05, 4.69) is 16.1 Å². The fourth-order valence-corrected chi connectivity index (χ4v) is 3.51. The van der Waals surface area contributed by atoms with Crippen LogP contribution in [0.5, 0.6) is 0 Å². The van der Waals surface area contributed by atoms with Crippen LogP contribution in [0.4, 0.5) is 4.39 Å². The standard InChI is InChI=1S/C20H29FN2O3/c1-24-9-10-26-12-11-25-8-7-23-15-16(13-18-3-2-6-22-18)19-5-4-17(21)14-20(19)23/h4-5,14-15,18,22H,2-3,6-13H2,1H3/t18-/m0/s1.